The molecule has 0 spiro atoms. The van der Waals surface area contributed by atoms with E-state index in [1.807, 2.05) is 45.3 Å². The fraction of sp³-hybridized carbons (Fsp3) is 0.542. The molecular formula is C24H33N5O4. The van der Waals surface area contributed by atoms with Crippen LogP contribution in [0.3, 0.4) is 0 Å². The van der Waals surface area contributed by atoms with Gasteiger partial charge >= 0.3 is 0 Å². The molecule has 178 valence electrons. The van der Waals surface area contributed by atoms with E-state index in [1.165, 1.54) is 6.39 Å². The lowest BCUT2D eigenvalue weighted by molar-refractivity contribution is -0.128. The van der Waals surface area contributed by atoms with E-state index in [1.54, 1.807) is 10.8 Å². The first-order chi connectivity index (χ1) is 16.0. The molecule has 2 aliphatic rings. The second-order valence-corrected chi connectivity index (χ2v) is 9.13. The standard InChI is InChI=1S/C24H33N5O4/c1-4-6-16-7-8-20-21-18(12-28(20)24(16)32)19(13-30)22(23(31)25-9-5-10-27(2)3)29(21)11-17-14-33-15-26-17/h4,6-8,14-15,18-19,21-22,30H,5,9-13H2,1-3H3,(H,25,31)/b6-4-/t18-,19-,21+,22-/m1/s1. The second-order valence-electron chi connectivity index (χ2n) is 9.13. The summed E-state index contributed by atoms with van der Waals surface area (Å²) in [6, 6.07) is 3.14. The van der Waals surface area contributed by atoms with Crippen LogP contribution in [0.4, 0.5) is 0 Å². The minimum absolute atomic E-state index is 0.0391. The smallest absolute Gasteiger partial charge is 0.258 e. The Hall–Kier alpha value is -2.75. The minimum Gasteiger partial charge on any atom is -0.451 e. The molecule has 0 radical (unpaired) electrons. The van der Waals surface area contributed by atoms with E-state index < -0.39 is 6.04 Å². The first kappa shape index (κ1) is 23.4. The summed E-state index contributed by atoms with van der Waals surface area (Å²) in [5.74, 6) is -0.432. The van der Waals surface area contributed by atoms with Crippen molar-refractivity contribution in [2.45, 2.75) is 38.5 Å². The summed E-state index contributed by atoms with van der Waals surface area (Å²) in [7, 11) is 4.01. The first-order valence-corrected chi connectivity index (χ1v) is 11.5. The zero-order chi connectivity index (χ0) is 23.5. The normalized spacial score (nSPS) is 24.5. The molecule has 1 fully saturated rings. The molecule has 0 saturated carbocycles. The van der Waals surface area contributed by atoms with Gasteiger partial charge in [-0.15, -0.1) is 0 Å². The molecule has 2 aromatic rings. The van der Waals surface area contributed by atoms with Crippen LogP contribution < -0.4 is 10.9 Å². The average molecular weight is 456 g/mol. The number of carbonyl (C=O) groups is 1. The molecule has 4 rings (SSSR count). The van der Waals surface area contributed by atoms with Crippen LogP contribution in [-0.2, 0) is 17.9 Å². The van der Waals surface area contributed by atoms with Crippen molar-refractivity contribution in [2.24, 2.45) is 11.8 Å². The van der Waals surface area contributed by atoms with Crippen LogP contribution in [-0.4, -0.2) is 70.2 Å². The number of nitrogens with zero attached hydrogens (tertiary/aromatic N) is 4. The SMILES string of the molecule is C/C=C\c1ccc2n(c1=O)C[C@@H]1[C@@H](CO)[C@H](C(=O)NCCCN(C)C)N(Cc3cocn3)[C@H]21. The molecule has 2 aromatic heterocycles. The summed E-state index contributed by atoms with van der Waals surface area (Å²) in [5, 5.41) is 13.4. The van der Waals surface area contributed by atoms with E-state index in [0.29, 0.717) is 30.9 Å². The van der Waals surface area contributed by atoms with Crippen molar-refractivity contribution >= 4 is 12.0 Å². The molecule has 0 unspecified atom stereocenters. The van der Waals surface area contributed by atoms with Crippen LogP contribution in [0.25, 0.3) is 6.08 Å². The van der Waals surface area contributed by atoms with Gasteiger partial charge in [0.2, 0.25) is 5.91 Å². The highest BCUT2D eigenvalue weighted by atomic mass is 16.3. The number of aliphatic hydroxyl groups excluding tert-OH is 1. The van der Waals surface area contributed by atoms with E-state index in [0.717, 1.165) is 18.7 Å². The number of oxazole rings is 1. The molecule has 1 saturated heterocycles. The van der Waals surface area contributed by atoms with Crippen LogP contribution in [0, 0.1) is 11.8 Å². The number of fused-ring (bicyclic) bond motifs is 3. The molecule has 33 heavy (non-hydrogen) atoms. The van der Waals surface area contributed by atoms with Gasteiger partial charge in [-0.25, -0.2) is 4.98 Å². The van der Waals surface area contributed by atoms with Crippen LogP contribution >= 0.6 is 0 Å². The van der Waals surface area contributed by atoms with Crippen molar-refractivity contribution in [3.8, 4) is 0 Å². The maximum Gasteiger partial charge on any atom is 0.258 e. The number of hydrogen-bond acceptors (Lipinski definition) is 7. The predicted octanol–water partition coefficient (Wildman–Crippen LogP) is 1.10. The molecule has 2 aliphatic heterocycles. The van der Waals surface area contributed by atoms with Crippen molar-refractivity contribution in [1.82, 2.24) is 24.7 Å². The van der Waals surface area contributed by atoms with Gasteiger partial charge in [-0.05, 0) is 46.1 Å². The van der Waals surface area contributed by atoms with Gasteiger partial charge < -0.3 is 24.3 Å². The van der Waals surface area contributed by atoms with Gasteiger partial charge in [-0.2, -0.15) is 0 Å². The summed E-state index contributed by atoms with van der Waals surface area (Å²) in [6.45, 7) is 4.09. The highest BCUT2D eigenvalue weighted by Crippen LogP contribution is 2.49. The summed E-state index contributed by atoms with van der Waals surface area (Å²) in [5.41, 5.74) is 2.19. The van der Waals surface area contributed by atoms with Crippen LogP contribution in [0.5, 0.6) is 0 Å². The van der Waals surface area contributed by atoms with Gasteiger partial charge in [0.1, 0.15) is 6.26 Å². The largest absolute Gasteiger partial charge is 0.451 e. The molecule has 0 aromatic carbocycles. The second kappa shape index (κ2) is 10.0. The van der Waals surface area contributed by atoms with Crippen molar-refractivity contribution in [2.75, 3.05) is 33.8 Å². The Morgan fingerprint density at radius 2 is 2.21 bits per heavy atom. The monoisotopic (exact) mass is 455 g/mol. The van der Waals surface area contributed by atoms with Crippen molar-refractivity contribution in [1.29, 1.82) is 0 Å². The lowest BCUT2D eigenvalue weighted by Gasteiger charge is -2.30. The Morgan fingerprint density at radius 3 is 2.88 bits per heavy atom. The fourth-order valence-electron chi connectivity index (χ4n) is 5.32. The highest BCUT2D eigenvalue weighted by molar-refractivity contribution is 5.82. The number of hydrogen-bond donors (Lipinski definition) is 2. The first-order valence-electron chi connectivity index (χ1n) is 11.5. The topological polar surface area (TPSA) is 104 Å². The summed E-state index contributed by atoms with van der Waals surface area (Å²) < 4.78 is 6.96. The number of rotatable bonds is 9. The Morgan fingerprint density at radius 1 is 1.39 bits per heavy atom. The Kier molecular flexibility index (Phi) is 7.11. The van der Waals surface area contributed by atoms with E-state index in [2.05, 4.69) is 20.1 Å². The van der Waals surface area contributed by atoms with Gasteiger partial charge in [-0.1, -0.05) is 12.2 Å². The molecule has 9 heteroatoms. The molecule has 0 bridgehead atoms. The molecule has 9 nitrogen and oxygen atoms in total. The zero-order valence-corrected chi connectivity index (χ0v) is 19.5. The lowest BCUT2D eigenvalue weighted by atomic mass is 9.88. The van der Waals surface area contributed by atoms with Crippen molar-refractivity contribution in [3.63, 3.8) is 0 Å². The molecule has 2 N–H and O–H groups in total. The molecule has 4 atom stereocenters. The molecule has 4 heterocycles. The maximum absolute atomic E-state index is 13.3. The Labute approximate surface area is 193 Å². The fourth-order valence-corrected chi connectivity index (χ4v) is 5.32. The number of aliphatic hydroxyl groups is 1. The third-order valence-corrected chi connectivity index (χ3v) is 6.74. The number of nitrogens with one attached hydrogen (secondary N) is 1. The number of carbonyl (C=O) groups excluding carboxylic acids is 1. The number of aromatic nitrogens is 2. The van der Waals surface area contributed by atoms with E-state index in [4.69, 9.17) is 4.42 Å². The zero-order valence-electron chi connectivity index (χ0n) is 19.5. The predicted molar refractivity (Wildman–Crippen MR) is 124 cm³/mol. The maximum atomic E-state index is 13.3. The van der Waals surface area contributed by atoms with E-state index in [9.17, 15) is 14.7 Å². The molecule has 1 amide bonds. The quantitative estimate of drug-likeness (QED) is 0.546. The van der Waals surface area contributed by atoms with Crippen LogP contribution in [0.2, 0.25) is 0 Å². The number of likely N-dealkylation sites (tertiary alicyclic amines) is 1. The van der Waals surface area contributed by atoms with Crippen molar-refractivity contribution < 1.29 is 14.3 Å². The third kappa shape index (κ3) is 4.53. The molecular weight excluding hydrogens is 422 g/mol. The molecule has 0 aliphatic carbocycles. The van der Waals surface area contributed by atoms with Gasteiger partial charge in [-0.3, -0.25) is 14.5 Å². The summed E-state index contributed by atoms with van der Waals surface area (Å²) >= 11 is 0. The average Bonchev–Trinajstić information content (AvgIpc) is 3.49. The number of allylic oxidation sites excluding steroid dienone is 1. The minimum atomic E-state index is -0.514. The van der Waals surface area contributed by atoms with Crippen LogP contribution in [0.15, 0.2) is 40.1 Å². The Balaban J connectivity index is 1.66. The third-order valence-electron chi connectivity index (χ3n) is 6.74. The van der Waals surface area contributed by atoms with Gasteiger partial charge in [0.05, 0.1) is 17.8 Å². The van der Waals surface area contributed by atoms with E-state index >= 15 is 0 Å². The van der Waals surface area contributed by atoms with Crippen LogP contribution in [0.1, 0.15) is 36.3 Å². The van der Waals surface area contributed by atoms with E-state index in [-0.39, 0.29) is 36.0 Å². The number of amides is 1. The Bertz CT molecular complexity index is 1050. The van der Waals surface area contributed by atoms with Gasteiger partial charge in [0.15, 0.2) is 6.39 Å². The van der Waals surface area contributed by atoms with Gasteiger partial charge in [0, 0.05) is 49.3 Å². The summed E-state index contributed by atoms with van der Waals surface area (Å²) in [6.07, 6.45) is 7.45. The number of pyridine rings is 1. The van der Waals surface area contributed by atoms with Crippen molar-refractivity contribution in [3.05, 3.63) is 58.2 Å². The highest BCUT2D eigenvalue weighted by Gasteiger charge is 2.55. The summed E-state index contributed by atoms with van der Waals surface area (Å²) in [4.78, 5) is 34.8. The van der Waals surface area contributed by atoms with Gasteiger partial charge in [0.25, 0.3) is 5.56 Å². The lowest BCUT2D eigenvalue weighted by Crippen LogP contribution is -2.48.